The normalized spacial score (nSPS) is 12.4. The quantitative estimate of drug-likeness (QED) is 0.463. The van der Waals surface area contributed by atoms with E-state index in [1.807, 2.05) is 38.1 Å². The van der Waals surface area contributed by atoms with Crippen LogP contribution < -0.4 is 15.4 Å². The van der Waals surface area contributed by atoms with E-state index in [0.717, 1.165) is 23.6 Å². The Morgan fingerprint density at radius 3 is 2.26 bits per heavy atom. The molecule has 0 aliphatic heterocycles. The van der Waals surface area contributed by atoms with Crippen LogP contribution in [0.2, 0.25) is 0 Å². The predicted molar refractivity (Wildman–Crippen MR) is 113 cm³/mol. The fraction of sp³-hybridized carbons (Fsp3) is 0.421. The van der Waals surface area contributed by atoms with E-state index in [0.29, 0.717) is 6.54 Å². The summed E-state index contributed by atoms with van der Waals surface area (Å²) >= 11 is 1.73. The third kappa shape index (κ3) is 7.32. The zero-order valence-corrected chi connectivity index (χ0v) is 17.9. The number of aliphatic imine (C=N–C) groups is 1. The van der Waals surface area contributed by atoms with Gasteiger partial charge in [-0.1, -0.05) is 24.3 Å². The summed E-state index contributed by atoms with van der Waals surface area (Å²) in [5.41, 5.74) is 3.10. The molecular weight excluding hydrogens is 380 g/mol. The van der Waals surface area contributed by atoms with Gasteiger partial charge in [-0.15, -0.1) is 11.3 Å². The number of nitrogens with zero attached hydrogens (tertiary/aromatic N) is 1. The van der Waals surface area contributed by atoms with Crippen LogP contribution in [0.1, 0.15) is 35.4 Å². The van der Waals surface area contributed by atoms with Crippen LogP contribution in [-0.4, -0.2) is 27.5 Å². The Morgan fingerprint density at radius 1 is 1.07 bits per heavy atom. The highest BCUT2D eigenvalue weighted by Gasteiger charge is 2.12. The van der Waals surface area contributed by atoms with Gasteiger partial charge in [0.1, 0.15) is 0 Å². The molecule has 1 aromatic carbocycles. The average molecular weight is 409 g/mol. The SMILES string of the molecule is CN=C(NCc1ccc(CS(=O)(=O)NC(C)C)cc1)NCc1sccc1C. The van der Waals surface area contributed by atoms with E-state index in [9.17, 15) is 8.42 Å². The molecule has 2 aromatic rings. The van der Waals surface area contributed by atoms with Gasteiger partial charge in [0.15, 0.2) is 5.96 Å². The Hall–Kier alpha value is -1.90. The highest BCUT2D eigenvalue weighted by atomic mass is 32.2. The van der Waals surface area contributed by atoms with Gasteiger partial charge < -0.3 is 10.6 Å². The summed E-state index contributed by atoms with van der Waals surface area (Å²) in [5.74, 6) is 0.720. The Bertz CT molecular complexity index is 856. The number of sulfonamides is 1. The predicted octanol–water partition coefficient (Wildman–Crippen LogP) is 2.75. The molecule has 0 saturated carbocycles. The van der Waals surface area contributed by atoms with Gasteiger partial charge in [-0.05, 0) is 48.9 Å². The van der Waals surface area contributed by atoms with Gasteiger partial charge >= 0.3 is 0 Å². The lowest BCUT2D eigenvalue weighted by molar-refractivity contribution is 0.569. The van der Waals surface area contributed by atoms with Crippen LogP contribution in [0.4, 0.5) is 0 Å². The topological polar surface area (TPSA) is 82.6 Å². The van der Waals surface area contributed by atoms with E-state index >= 15 is 0 Å². The molecular formula is C19H28N4O2S2. The van der Waals surface area contributed by atoms with Gasteiger partial charge in [0.05, 0.1) is 12.3 Å². The van der Waals surface area contributed by atoms with E-state index in [2.05, 4.69) is 38.7 Å². The number of guanidine groups is 1. The standard InChI is InChI=1S/C19H28N4O2S2/c1-14(2)23-27(24,25)13-17-7-5-16(6-8-17)11-21-19(20-4)22-12-18-15(3)9-10-26-18/h5-10,14,23H,11-13H2,1-4H3,(H2,20,21,22). The van der Waals surface area contributed by atoms with E-state index in [-0.39, 0.29) is 11.8 Å². The van der Waals surface area contributed by atoms with Crippen LogP contribution in [0.3, 0.4) is 0 Å². The van der Waals surface area contributed by atoms with Gasteiger partial charge in [-0.3, -0.25) is 4.99 Å². The zero-order chi connectivity index (χ0) is 19.9. The molecule has 0 aliphatic rings. The third-order valence-corrected chi connectivity index (χ3v) is 6.43. The Morgan fingerprint density at radius 2 is 1.70 bits per heavy atom. The first-order valence-electron chi connectivity index (χ1n) is 8.84. The Labute approximate surface area is 166 Å². The summed E-state index contributed by atoms with van der Waals surface area (Å²) in [6.45, 7) is 7.07. The highest BCUT2D eigenvalue weighted by Crippen LogP contribution is 2.14. The molecule has 0 atom stereocenters. The van der Waals surface area contributed by atoms with Crippen molar-refractivity contribution >= 4 is 27.3 Å². The first-order valence-corrected chi connectivity index (χ1v) is 11.4. The summed E-state index contributed by atoms with van der Waals surface area (Å²) in [4.78, 5) is 5.53. The smallest absolute Gasteiger partial charge is 0.216 e. The van der Waals surface area contributed by atoms with Gasteiger partial charge in [0.25, 0.3) is 0 Å². The molecule has 6 nitrogen and oxygen atoms in total. The summed E-state index contributed by atoms with van der Waals surface area (Å²) in [6, 6.07) is 9.57. The van der Waals surface area contributed by atoms with E-state index in [1.54, 1.807) is 18.4 Å². The van der Waals surface area contributed by atoms with Crippen LogP contribution in [0, 0.1) is 6.92 Å². The minimum atomic E-state index is -3.30. The summed E-state index contributed by atoms with van der Waals surface area (Å²) in [6.07, 6.45) is 0. The molecule has 148 valence electrons. The number of hydrogen-bond donors (Lipinski definition) is 3. The van der Waals surface area contributed by atoms with Crippen LogP contribution in [-0.2, 0) is 28.9 Å². The van der Waals surface area contributed by atoms with Crippen molar-refractivity contribution in [3.63, 3.8) is 0 Å². The molecule has 0 unspecified atom stereocenters. The van der Waals surface area contributed by atoms with Gasteiger partial charge in [0, 0.05) is 24.5 Å². The monoisotopic (exact) mass is 408 g/mol. The molecule has 3 N–H and O–H groups in total. The minimum Gasteiger partial charge on any atom is -0.352 e. The maximum atomic E-state index is 12.0. The molecule has 0 bridgehead atoms. The van der Waals surface area contributed by atoms with Crippen molar-refractivity contribution in [1.29, 1.82) is 0 Å². The fourth-order valence-corrected chi connectivity index (χ4v) is 4.81. The molecule has 1 aromatic heterocycles. The van der Waals surface area contributed by atoms with Gasteiger partial charge in [0.2, 0.25) is 10.0 Å². The first kappa shape index (κ1) is 21.4. The molecule has 0 saturated heterocycles. The Kier molecular flexibility index (Phi) is 7.82. The lowest BCUT2D eigenvalue weighted by atomic mass is 10.1. The minimum absolute atomic E-state index is 0.0116. The third-order valence-electron chi connectivity index (χ3n) is 3.86. The van der Waals surface area contributed by atoms with Crippen molar-refractivity contribution in [1.82, 2.24) is 15.4 Å². The molecule has 27 heavy (non-hydrogen) atoms. The van der Waals surface area contributed by atoms with E-state index < -0.39 is 10.0 Å². The molecule has 0 fully saturated rings. The number of thiophene rings is 1. The largest absolute Gasteiger partial charge is 0.352 e. The number of aryl methyl sites for hydroxylation is 1. The molecule has 8 heteroatoms. The molecule has 0 spiro atoms. The van der Waals surface area contributed by atoms with Crippen molar-refractivity contribution in [2.24, 2.45) is 4.99 Å². The van der Waals surface area contributed by atoms with Gasteiger partial charge in [-0.2, -0.15) is 0 Å². The van der Waals surface area contributed by atoms with Crippen LogP contribution in [0.25, 0.3) is 0 Å². The summed E-state index contributed by atoms with van der Waals surface area (Å²) in [5, 5.41) is 8.66. The number of rotatable bonds is 8. The van der Waals surface area contributed by atoms with Crippen molar-refractivity contribution in [3.8, 4) is 0 Å². The number of benzene rings is 1. The van der Waals surface area contributed by atoms with Crippen molar-refractivity contribution in [2.45, 2.75) is 45.7 Å². The summed E-state index contributed by atoms with van der Waals surface area (Å²) in [7, 11) is -1.56. The second-order valence-electron chi connectivity index (χ2n) is 6.65. The lowest BCUT2D eigenvalue weighted by Gasteiger charge is -2.12. The molecule has 0 amide bonds. The van der Waals surface area contributed by atoms with E-state index in [4.69, 9.17) is 0 Å². The second-order valence-corrected chi connectivity index (χ2v) is 9.41. The van der Waals surface area contributed by atoms with Crippen molar-refractivity contribution in [3.05, 3.63) is 57.3 Å². The number of nitrogens with one attached hydrogen (secondary N) is 3. The highest BCUT2D eigenvalue weighted by molar-refractivity contribution is 7.88. The maximum Gasteiger partial charge on any atom is 0.216 e. The maximum absolute atomic E-state index is 12.0. The van der Waals surface area contributed by atoms with Crippen LogP contribution >= 0.6 is 11.3 Å². The number of hydrogen-bond acceptors (Lipinski definition) is 4. The fourth-order valence-electron chi connectivity index (χ4n) is 2.53. The molecule has 1 heterocycles. The summed E-state index contributed by atoms with van der Waals surface area (Å²) < 4.78 is 26.6. The average Bonchev–Trinajstić information content (AvgIpc) is 3.00. The first-order chi connectivity index (χ1) is 12.8. The van der Waals surface area contributed by atoms with Gasteiger partial charge in [-0.25, -0.2) is 13.1 Å². The van der Waals surface area contributed by atoms with Crippen molar-refractivity contribution < 1.29 is 8.42 Å². The molecule has 0 aliphatic carbocycles. The van der Waals surface area contributed by atoms with Crippen LogP contribution in [0.5, 0.6) is 0 Å². The molecule has 2 rings (SSSR count). The van der Waals surface area contributed by atoms with Crippen molar-refractivity contribution in [2.75, 3.05) is 7.05 Å². The van der Waals surface area contributed by atoms with Crippen LogP contribution in [0.15, 0.2) is 40.7 Å². The second kappa shape index (κ2) is 9.87. The lowest BCUT2D eigenvalue weighted by Crippen LogP contribution is -2.36. The zero-order valence-electron chi connectivity index (χ0n) is 16.2. The molecule has 0 radical (unpaired) electrons. The van der Waals surface area contributed by atoms with E-state index in [1.165, 1.54) is 10.4 Å². The Balaban J connectivity index is 1.85.